The van der Waals surface area contributed by atoms with E-state index in [0.29, 0.717) is 11.4 Å². The molecule has 0 spiro atoms. The summed E-state index contributed by atoms with van der Waals surface area (Å²) in [5, 5.41) is 0. The molecule has 0 fully saturated rings. The van der Waals surface area contributed by atoms with Crippen LogP contribution in [0.3, 0.4) is 0 Å². The lowest BCUT2D eigenvalue weighted by molar-refractivity contribution is 0.622. The van der Waals surface area contributed by atoms with Crippen LogP contribution in [0.4, 0.5) is 15.8 Å². The van der Waals surface area contributed by atoms with Crippen molar-refractivity contribution in [3.05, 3.63) is 23.5 Å². The summed E-state index contributed by atoms with van der Waals surface area (Å²) in [6, 6.07) is 3.18. The molecular weight excluding hydrogens is 179 g/mol. The molecular formula is C11H17FN2. The maximum atomic E-state index is 13.5. The second-order valence-corrected chi connectivity index (χ2v) is 3.58. The van der Waals surface area contributed by atoms with Crippen LogP contribution < -0.4 is 10.6 Å². The van der Waals surface area contributed by atoms with E-state index in [9.17, 15) is 4.39 Å². The SMILES string of the molecule is CCCN(C)c1cc(C)c(N)cc1F. The molecule has 0 saturated carbocycles. The van der Waals surface area contributed by atoms with Gasteiger partial charge in [-0.2, -0.15) is 0 Å². The zero-order valence-electron chi connectivity index (χ0n) is 8.97. The van der Waals surface area contributed by atoms with Crippen molar-refractivity contribution in [2.24, 2.45) is 0 Å². The summed E-state index contributed by atoms with van der Waals surface area (Å²) in [7, 11) is 1.89. The number of nitrogens with two attached hydrogens (primary N) is 1. The van der Waals surface area contributed by atoms with Gasteiger partial charge in [0.05, 0.1) is 5.69 Å². The van der Waals surface area contributed by atoms with Crippen LogP contribution in [0, 0.1) is 12.7 Å². The minimum atomic E-state index is -0.246. The molecule has 0 radical (unpaired) electrons. The highest BCUT2D eigenvalue weighted by molar-refractivity contribution is 5.58. The molecule has 0 aromatic heterocycles. The maximum absolute atomic E-state index is 13.5. The fourth-order valence-electron chi connectivity index (χ4n) is 1.43. The Morgan fingerprint density at radius 2 is 2.07 bits per heavy atom. The van der Waals surface area contributed by atoms with E-state index in [1.165, 1.54) is 6.07 Å². The zero-order valence-corrected chi connectivity index (χ0v) is 8.97. The summed E-state index contributed by atoms with van der Waals surface area (Å²) in [6.07, 6.45) is 0.999. The first-order valence-corrected chi connectivity index (χ1v) is 4.83. The molecule has 2 nitrogen and oxygen atoms in total. The second-order valence-electron chi connectivity index (χ2n) is 3.58. The van der Waals surface area contributed by atoms with Gasteiger partial charge in [0.1, 0.15) is 5.82 Å². The normalized spacial score (nSPS) is 10.3. The third-order valence-corrected chi connectivity index (χ3v) is 2.31. The van der Waals surface area contributed by atoms with Gasteiger partial charge < -0.3 is 10.6 Å². The molecule has 1 rings (SSSR count). The summed E-state index contributed by atoms with van der Waals surface area (Å²) < 4.78 is 13.5. The summed E-state index contributed by atoms with van der Waals surface area (Å²) in [5.74, 6) is -0.246. The van der Waals surface area contributed by atoms with Crippen LogP contribution in [0.15, 0.2) is 12.1 Å². The van der Waals surface area contributed by atoms with E-state index >= 15 is 0 Å². The summed E-state index contributed by atoms with van der Waals surface area (Å²) in [5.41, 5.74) is 7.66. The van der Waals surface area contributed by atoms with Crippen molar-refractivity contribution in [1.82, 2.24) is 0 Å². The van der Waals surface area contributed by atoms with Gasteiger partial charge in [-0.05, 0) is 31.0 Å². The molecule has 14 heavy (non-hydrogen) atoms. The van der Waals surface area contributed by atoms with Gasteiger partial charge in [0.2, 0.25) is 0 Å². The highest BCUT2D eigenvalue weighted by atomic mass is 19.1. The van der Waals surface area contributed by atoms with Crippen molar-refractivity contribution in [2.45, 2.75) is 20.3 Å². The number of halogens is 1. The maximum Gasteiger partial charge on any atom is 0.148 e. The Hall–Kier alpha value is -1.25. The number of hydrogen-bond acceptors (Lipinski definition) is 2. The lowest BCUT2D eigenvalue weighted by Gasteiger charge is -2.20. The average Bonchev–Trinajstić information content (AvgIpc) is 2.11. The Morgan fingerprint density at radius 1 is 1.43 bits per heavy atom. The van der Waals surface area contributed by atoms with Crippen LogP contribution in [0.5, 0.6) is 0 Å². The standard InChI is InChI=1S/C11H17FN2/c1-4-5-14(3)11-6-8(2)10(13)7-9(11)12/h6-7H,4-5,13H2,1-3H3. The molecule has 78 valence electrons. The van der Waals surface area contributed by atoms with Gasteiger partial charge in [-0.15, -0.1) is 0 Å². The quantitative estimate of drug-likeness (QED) is 0.753. The lowest BCUT2D eigenvalue weighted by Crippen LogP contribution is -2.19. The Labute approximate surface area is 84.5 Å². The summed E-state index contributed by atoms with van der Waals surface area (Å²) in [4.78, 5) is 1.90. The van der Waals surface area contributed by atoms with E-state index in [4.69, 9.17) is 5.73 Å². The van der Waals surface area contributed by atoms with Crippen LogP contribution in [-0.2, 0) is 0 Å². The van der Waals surface area contributed by atoms with E-state index in [1.807, 2.05) is 18.9 Å². The average molecular weight is 196 g/mol. The third kappa shape index (κ3) is 2.16. The monoisotopic (exact) mass is 196 g/mol. The van der Waals surface area contributed by atoms with E-state index < -0.39 is 0 Å². The summed E-state index contributed by atoms with van der Waals surface area (Å²) in [6.45, 7) is 4.80. The smallest absolute Gasteiger partial charge is 0.148 e. The van der Waals surface area contributed by atoms with Gasteiger partial charge in [-0.25, -0.2) is 4.39 Å². The number of nitrogen functional groups attached to an aromatic ring is 1. The molecule has 0 heterocycles. The van der Waals surface area contributed by atoms with Crippen LogP contribution in [0.25, 0.3) is 0 Å². The van der Waals surface area contributed by atoms with Crippen LogP contribution in [-0.4, -0.2) is 13.6 Å². The van der Waals surface area contributed by atoms with Crippen molar-refractivity contribution >= 4 is 11.4 Å². The zero-order chi connectivity index (χ0) is 10.7. The predicted molar refractivity (Wildman–Crippen MR) is 59.1 cm³/mol. The minimum absolute atomic E-state index is 0.246. The summed E-state index contributed by atoms with van der Waals surface area (Å²) >= 11 is 0. The Kier molecular flexibility index (Phi) is 3.33. The van der Waals surface area contributed by atoms with Crippen molar-refractivity contribution in [1.29, 1.82) is 0 Å². The molecule has 0 saturated heterocycles. The number of nitrogens with zero attached hydrogens (tertiary/aromatic N) is 1. The van der Waals surface area contributed by atoms with E-state index in [-0.39, 0.29) is 5.82 Å². The van der Waals surface area contributed by atoms with Crippen molar-refractivity contribution < 1.29 is 4.39 Å². The number of aryl methyl sites for hydroxylation is 1. The lowest BCUT2D eigenvalue weighted by atomic mass is 10.1. The molecule has 0 bridgehead atoms. The van der Waals surface area contributed by atoms with Crippen LogP contribution in [0.1, 0.15) is 18.9 Å². The first-order valence-electron chi connectivity index (χ1n) is 4.83. The molecule has 3 heteroatoms. The van der Waals surface area contributed by atoms with Gasteiger partial charge in [0.15, 0.2) is 0 Å². The fourth-order valence-corrected chi connectivity index (χ4v) is 1.43. The second kappa shape index (κ2) is 4.31. The third-order valence-electron chi connectivity index (χ3n) is 2.31. The first kappa shape index (κ1) is 10.8. The minimum Gasteiger partial charge on any atom is -0.398 e. The number of anilines is 2. The molecule has 0 aliphatic rings. The highest BCUT2D eigenvalue weighted by Crippen LogP contribution is 2.24. The molecule has 1 aromatic carbocycles. The van der Waals surface area contributed by atoms with E-state index in [1.54, 1.807) is 6.07 Å². The number of benzene rings is 1. The van der Waals surface area contributed by atoms with Gasteiger partial charge >= 0.3 is 0 Å². The molecule has 0 unspecified atom stereocenters. The number of rotatable bonds is 3. The van der Waals surface area contributed by atoms with Crippen LogP contribution >= 0.6 is 0 Å². The van der Waals surface area contributed by atoms with Gasteiger partial charge in [-0.1, -0.05) is 6.92 Å². The Balaban J connectivity index is 3.02. The van der Waals surface area contributed by atoms with Gasteiger partial charge in [0, 0.05) is 19.3 Å². The molecule has 0 amide bonds. The molecule has 2 N–H and O–H groups in total. The van der Waals surface area contributed by atoms with Crippen LogP contribution in [0.2, 0.25) is 0 Å². The molecule has 0 aliphatic carbocycles. The molecule has 0 aliphatic heterocycles. The van der Waals surface area contributed by atoms with Crippen molar-refractivity contribution in [3.63, 3.8) is 0 Å². The Morgan fingerprint density at radius 3 is 2.64 bits per heavy atom. The largest absolute Gasteiger partial charge is 0.398 e. The predicted octanol–water partition coefficient (Wildman–Crippen LogP) is 2.56. The Bertz CT molecular complexity index is 323. The van der Waals surface area contributed by atoms with E-state index in [2.05, 4.69) is 6.92 Å². The van der Waals surface area contributed by atoms with Gasteiger partial charge in [0.25, 0.3) is 0 Å². The molecule has 0 atom stereocenters. The number of hydrogen-bond donors (Lipinski definition) is 1. The first-order chi connectivity index (χ1) is 6.56. The fraction of sp³-hybridized carbons (Fsp3) is 0.455. The van der Waals surface area contributed by atoms with Crippen molar-refractivity contribution in [2.75, 3.05) is 24.2 Å². The van der Waals surface area contributed by atoms with Crippen molar-refractivity contribution in [3.8, 4) is 0 Å². The topological polar surface area (TPSA) is 29.3 Å². The van der Waals surface area contributed by atoms with E-state index in [0.717, 1.165) is 18.5 Å². The van der Waals surface area contributed by atoms with Gasteiger partial charge in [-0.3, -0.25) is 0 Å². The molecule has 1 aromatic rings. The highest BCUT2D eigenvalue weighted by Gasteiger charge is 2.08.